The van der Waals surface area contributed by atoms with Crippen molar-refractivity contribution < 1.29 is 4.79 Å². The molecule has 0 radical (unpaired) electrons. The van der Waals surface area contributed by atoms with Gasteiger partial charge in [0.2, 0.25) is 11.0 Å². The van der Waals surface area contributed by atoms with Crippen molar-refractivity contribution in [1.29, 1.82) is 0 Å². The normalized spacial score (nSPS) is 18.4. The van der Waals surface area contributed by atoms with E-state index in [4.69, 9.17) is 0 Å². The van der Waals surface area contributed by atoms with Gasteiger partial charge in [0.1, 0.15) is 5.01 Å². The number of hydrogen-bond acceptors (Lipinski definition) is 6. The first kappa shape index (κ1) is 17.8. The second-order valence-electron chi connectivity index (χ2n) is 6.52. The van der Waals surface area contributed by atoms with Crippen LogP contribution in [0.15, 0.2) is 24.3 Å². The quantitative estimate of drug-likeness (QED) is 0.889. The van der Waals surface area contributed by atoms with Crippen LogP contribution in [0.3, 0.4) is 0 Å². The highest BCUT2D eigenvalue weighted by Crippen LogP contribution is 2.21. The molecule has 25 heavy (non-hydrogen) atoms. The van der Waals surface area contributed by atoms with Gasteiger partial charge in [0, 0.05) is 31.4 Å². The number of aryl methyl sites for hydroxylation is 2. The standard InChI is InChI=1S/C18H25N5OS/c1-4-17-20-21-18(25-17)19-16(24)12-22-9-10-23(14(3)11-22)15-7-5-13(2)6-8-15/h5-8,14H,4,9-12H2,1-3H3,(H,19,21,24). The summed E-state index contributed by atoms with van der Waals surface area (Å²) < 4.78 is 0. The summed E-state index contributed by atoms with van der Waals surface area (Å²) in [6.45, 7) is 9.41. The van der Waals surface area contributed by atoms with Gasteiger partial charge in [-0.25, -0.2) is 0 Å². The molecule has 2 heterocycles. The second kappa shape index (κ2) is 7.93. The van der Waals surface area contributed by atoms with Gasteiger partial charge in [0.15, 0.2) is 0 Å². The number of carbonyl (C=O) groups is 1. The predicted molar refractivity (Wildman–Crippen MR) is 102 cm³/mol. The molecule has 1 aliphatic heterocycles. The minimum absolute atomic E-state index is 0.0187. The van der Waals surface area contributed by atoms with Crippen LogP contribution in [0.25, 0.3) is 0 Å². The number of benzene rings is 1. The predicted octanol–water partition coefficient (Wildman–Crippen LogP) is 2.56. The topological polar surface area (TPSA) is 61.4 Å². The van der Waals surface area contributed by atoms with E-state index in [1.165, 1.54) is 22.6 Å². The summed E-state index contributed by atoms with van der Waals surface area (Å²) in [5, 5.41) is 12.4. The highest BCUT2D eigenvalue weighted by atomic mass is 32.1. The highest BCUT2D eigenvalue weighted by molar-refractivity contribution is 7.15. The lowest BCUT2D eigenvalue weighted by atomic mass is 10.1. The third-order valence-corrected chi connectivity index (χ3v) is 5.44. The van der Waals surface area contributed by atoms with Gasteiger partial charge >= 0.3 is 0 Å². The molecule has 6 nitrogen and oxygen atoms in total. The highest BCUT2D eigenvalue weighted by Gasteiger charge is 2.25. The Morgan fingerprint density at radius 1 is 1.28 bits per heavy atom. The summed E-state index contributed by atoms with van der Waals surface area (Å²) in [6, 6.07) is 9.02. The van der Waals surface area contributed by atoms with Crippen LogP contribution in [-0.2, 0) is 11.2 Å². The van der Waals surface area contributed by atoms with Crippen LogP contribution in [0.5, 0.6) is 0 Å². The molecule has 1 fully saturated rings. The number of nitrogens with one attached hydrogen (secondary N) is 1. The van der Waals surface area contributed by atoms with E-state index >= 15 is 0 Å². The van der Waals surface area contributed by atoms with Crippen molar-refractivity contribution in [1.82, 2.24) is 15.1 Å². The van der Waals surface area contributed by atoms with E-state index in [9.17, 15) is 4.79 Å². The molecule has 1 atom stereocenters. The molecule has 1 aliphatic rings. The Kier molecular flexibility index (Phi) is 5.65. The molecule has 1 aromatic carbocycles. The van der Waals surface area contributed by atoms with Gasteiger partial charge in [-0.1, -0.05) is 36.0 Å². The van der Waals surface area contributed by atoms with Gasteiger partial charge in [-0.3, -0.25) is 15.0 Å². The minimum Gasteiger partial charge on any atom is -0.366 e. The lowest BCUT2D eigenvalue weighted by Crippen LogP contribution is -2.53. The molecule has 3 rings (SSSR count). The first-order chi connectivity index (χ1) is 12.0. The molecule has 1 aromatic heterocycles. The van der Waals surface area contributed by atoms with Crippen molar-refractivity contribution in [3.63, 3.8) is 0 Å². The van der Waals surface area contributed by atoms with Crippen LogP contribution in [0.2, 0.25) is 0 Å². The Morgan fingerprint density at radius 2 is 2.04 bits per heavy atom. The van der Waals surface area contributed by atoms with Crippen LogP contribution >= 0.6 is 11.3 Å². The molecule has 0 spiro atoms. The van der Waals surface area contributed by atoms with Crippen molar-refractivity contribution in [3.05, 3.63) is 34.8 Å². The van der Waals surface area contributed by atoms with Gasteiger partial charge in [-0.2, -0.15) is 0 Å². The fourth-order valence-corrected chi connectivity index (χ4v) is 3.80. The zero-order valence-electron chi connectivity index (χ0n) is 15.0. The summed E-state index contributed by atoms with van der Waals surface area (Å²) in [5.74, 6) is -0.0187. The molecule has 1 N–H and O–H groups in total. The van der Waals surface area contributed by atoms with Crippen LogP contribution in [-0.4, -0.2) is 53.2 Å². The lowest BCUT2D eigenvalue weighted by Gasteiger charge is -2.41. The molecule has 0 bridgehead atoms. The number of aromatic nitrogens is 2. The number of hydrogen-bond donors (Lipinski definition) is 1. The number of amides is 1. The summed E-state index contributed by atoms with van der Waals surface area (Å²) in [5.41, 5.74) is 2.53. The van der Waals surface area contributed by atoms with Crippen molar-refractivity contribution in [2.45, 2.75) is 33.2 Å². The molecule has 134 valence electrons. The Morgan fingerprint density at radius 3 is 2.68 bits per heavy atom. The summed E-state index contributed by atoms with van der Waals surface area (Å²) in [4.78, 5) is 16.9. The molecule has 2 aromatic rings. The summed E-state index contributed by atoms with van der Waals surface area (Å²) in [6.07, 6.45) is 0.839. The van der Waals surface area contributed by atoms with Crippen molar-refractivity contribution in [2.24, 2.45) is 0 Å². The number of rotatable bonds is 5. The van der Waals surface area contributed by atoms with E-state index in [0.29, 0.717) is 17.7 Å². The molecule has 1 unspecified atom stereocenters. The van der Waals surface area contributed by atoms with Gasteiger partial charge in [-0.15, -0.1) is 10.2 Å². The number of nitrogens with zero attached hydrogens (tertiary/aromatic N) is 4. The smallest absolute Gasteiger partial charge is 0.240 e. The van der Waals surface area contributed by atoms with Crippen LogP contribution in [0, 0.1) is 6.92 Å². The first-order valence-corrected chi connectivity index (χ1v) is 9.54. The number of anilines is 2. The van der Waals surface area contributed by atoms with Gasteiger partial charge < -0.3 is 4.90 Å². The van der Waals surface area contributed by atoms with Gasteiger partial charge in [0.25, 0.3) is 0 Å². The van der Waals surface area contributed by atoms with Gasteiger partial charge in [0.05, 0.1) is 6.54 Å². The third-order valence-electron chi connectivity index (χ3n) is 4.46. The van der Waals surface area contributed by atoms with Crippen LogP contribution in [0.1, 0.15) is 24.4 Å². The SMILES string of the molecule is CCc1nnc(NC(=O)CN2CCN(c3ccc(C)cc3)C(C)C2)s1. The van der Waals surface area contributed by atoms with Crippen molar-refractivity contribution in [3.8, 4) is 0 Å². The Balaban J connectivity index is 1.52. The average molecular weight is 359 g/mol. The molecule has 1 saturated heterocycles. The maximum atomic E-state index is 12.2. The average Bonchev–Trinajstić information content (AvgIpc) is 3.03. The Labute approximate surface area is 152 Å². The van der Waals surface area contributed by atoms with Crippen LogP contribution in [0.4, 0.5) is 10.8 Å². The van der Waals surface area contributed by atoms with Crippen molar-refractivity contribution in [2.75, 3.05) is 36.4 Å². The minimum atomic E-state index is -0.0187. The van der Waals surface area contributed by atoms with Crippen molar-refractivity contribution >= 4 is 28.1 Å². The number of carbonyl (C=O) groups excluding carboxylic acids is 1. The zero-order chi connectivity index (χ0) is 17.8. The van der Waals surface area contributed by atoms with Gasteiger partial charge in [-0.05, 0) is 32.4 Å². The van der Waals surface area contributed by atoms with Crippen LogP contribution < -0.4 is 10.2 Å². The second-order valence-corrected chi connectivity index (χ2v) is 7.58. The lowest BCUT2D eigenvalue weighted by molar-refractivity contribution is -0.117. The third kappa shape index (κ3) is 4.55. The summed E-state index contributed by atoms with van der Waals surface area (Å²) in [7, 11) is 0. The largest absolute Gasteiger partial charge is 0.366 e. The summed E-state index contributed by atoms with van der Waals surface area (Å²) >= 11 is 1.44. The van der Waals surface area contributed by atoms with E-state index in [1.807, 2.05) is 6.92 Å². The fourth-order valence-electron chi connectivity index (χ4n) is 3.11. The zero-order valence-corrected chi connectivity index (χ0v) is 15.8. The molecular weight excluding hydrogens is 334 g/mol. The van der Waals surface area contributed by atoms with E-state index in [1.54, 1.807) is 0 Å². The monoisotopic (exact) mass is 359 g/mol. The maximum Gasteiger partial charge on any atom is 0.240 e. The van der Waals surface area contributed by atoms with E-state index in [0.717, 1.165) is 31.1 Å². The van der Waals surface area contributed by atoms with E-state index < -0.39 is 0 Å². The molecule has 0 saturated carbocycles. The molecule has 1 amide bonds. The molecule has 0 aliphatic carbocycles. The molecular formula is C18H25N5OS. The fraction of sp³-hybridized carbons (Fsp3) is 0.500. The molecule has 7 heteroatoms. The Hall–Kier alpha value is -1.99. The van der Waals surface area contributed by atoms with E-state index in [-0.39, 0.29) is 5.91 Å². The number of piperazine rings is 1. The first-order valence-electron chi connectivity index (χ1n) is 8.73. The van der Waals surface area contributed by atoms with E-state index in [2.05, 4.69) is 63.4 Å². The Bertz CT molecular complexity index is 715. The maximum absolute atomic E-state index is 12.2.